The molecule has 1 aliphatic rings. The van der Waals surface area contributed by atoms with E-state index in [9.17, 15) is 18.0 Å². The number of piperazine rings is 1. The number of rotatable bonds is 3. The van der Waals surface area contributed by atoms with Gasteiger partial charge in [0.2, 0.25) is 5.91 Å². The molecule has 0 aliphatic carbocycles. The lowest BCUT2D eigenvalue weighted by molar-refractivity contribution is -0.127. The van der Waals surface area contributed by atoms with Gasteiger partial charge in [-0.15, -0.1) is 11.3 Å². The second-order valence-electron chi connectivity index (χ2n) is 5.67. The number of halogens is 3. The highest BCUT2D eigenvalue weighted by molar-refractivity contribution is 7.18. The van der Waals surface area contributed by atoms with Crippen LogP contribution < -0.4 is 4.90 Å². The second kappa shape index (κ2) is 6.99. The average molecular weight is 370 g/mol. The molecule has 0 unspecified atom stereocenters. The normalized spacial score (nSPS) is 16.2. The first-order valence-corrected chi connectivity index (χ1v) is 8.72. The first-order chi connectivity index (χ1) is 11.9. The van der Waals surface area contributed by atoms with Crippen LogP contribution in [-0.2, 0) is 11.2 Å². The first-order valence-electron chi connectivity index (χ1n) is 7.90. The van der Waals surface area contributed by atoms with Crippen molar-refractivity contribution >= 4 is 33.3 Å². The van der Waals surface area contributed by atoms with Crippen molar-refractivity contribution in [2.45, 2.75) is 19.5 Å². The fourth-order valence-electron chi connectivity index (χ4n) is 2.73. The molecule has 0 N–H and O–H groups in total. The van der Waals surface area contributed by atoms with Crippen LogP contribution in [0.2, 0.25) is 0 Å². The molecule has 1 amide bonds. The molecule has 9 heteroatoms. The number of anilines is 1. The highest BCUT2D eigenvalue weighted by atomic mass is 32.1. The molecule has 1 fully saturated rings. The molecule has 1 saturated heterocycles. The Balaban J connectivity index is 1.69. The molecular weight excluding hydrogens is 353 g/mol. The summed E-state index contributed by atoms with van der Waals surface area (Å²) in [5.74, 6) is 0.201. The Bertz CT molecular complexity index is 794. The van der Waals surface area contributed by atoms with Crippen molar-refractivity contribution in [3.63, 3.8) is 0 Å². The van der Waals surface area contributed by atoms with E-state index in [4.69, 9.17) is 0 Å². The lowest BCUT2D eigenvalue weighted by Crippen LogP contribution is -2.48. The molecule has 0 atom stereocenters. The van der Waals surface area contributed by atoms with E-state index >= 15 is 0 Å². The Labute approximate surface area is 146 Å². The summed E-state index contributed by atoms with van der Waals surface area (Å²) in [7, 11) is 0. The lowest BCUT2D eigenvalue weighted by Gasteiger charge is -2.35. The Morgan fingerprint density at radius 1 is 1.28 bits per heavy atom. The standard InChI is InChI=1S/C16H17F3N4OS/c1-2-11-9-12-14(20-10-21-15(12)25-11)23-7-5-22(6-8-23)13(24)3-4-16(17,18)19/h3-4,9-10H,2,5-8H2,1H3/b4-3+. The number of alkyl halides is 3. The van der Waals surface area contributed by atoms with E-state index in [0.717, 1.165) is 22.5 Å². The fourth-order valence-corrected chi connectivity index (χ4v) is 3.66. The van der Waals surface area contributed by atoms with Crippen molar-refractivity contribution in [2.75, 3.05) is 31.1 Å². The van der Waals surface area contributed by atoms with Gasteiger partial charge in [0.25, 0.3) is 0 Å². The predicted octanol–water partition coefficient (Wildman–Crippen LogP) is 3.02. The Hall–Kier alpha value is -2.16. The van der Waals surface area contributed by atoms with Gasteiger partial charge >= 0.3 is 6.18 Å². The van der Waals surface area contributed by atoms with Crippen LogP contribution in [0.5, 0.6) is 0 Å². The molecule has 0 spiro atoms. The third-order valence-electron chi connectivity index (χ3n) is 4.01. The number of carbonyl (C=O) groups is 1. The maximum absolute atomic E-state index is 12.2. The largest absolute Gasteiger partial charge is 0.409 e. The fraction of sp³-hybridized carbons (Fsp3) is 0.438. The highest BCUT2D eigenvalue weighted by Crippen LogP contribution is 2.31. The van der Waals surface area contributed by atoms with Crippen molar-refractivity contribution in [2.24, 2.45) is 0 Å². The van der Waals surface area contributed by atoms with Crippen LogP contribution in [0.15, 0.2) is 24.5 Å². The van der Waals surface area contributed by atoms with Gasteiger partial charge in [0, 0.05) is 43.2 Å². The Kier molecular flexibility index (Phi) is 4.94. The Morgan fingerprint density at radius 3 is 2.64 bits per heavy atom. The number of nitrogens with zero attached hydrogens (tertiary/aromatic N) is 4. The summed E-state index contributed by atoms with van der Waals surface area (Å²) < 4.78 is 36.5. The van der Waals surface area contributed by atoms with Crippen LogP contribution in [0.3, 0.4) is 0 Å². The van der Waals surface area contributed by atoms with E-state index < -0.39 is 12.1 Å². The number of carbonyl (C=O) groups excluding carboxylic acids is 1. The predicted molar refractivity (Wildman–Crippen MR) is 90.8 cm³/mol. The van der Waals surface area contributed by atoms with Gasteiger partial charge in [0.1, 0.15) is 17.0 Å². The highest BCUT2D eigenvalue weighted by Gasteiger charge is 2.26. The lowest BCUT2D eigenvalue weighted by atomic mass is 10.2. The van der Waals surface area contributed by atoms with Crippen molar-refractivity contribution in [3.8, 4) is 0 Å². The van der Waals surface area contributed by atoms with Crippen LogP contribution >= 0.6 is 11.3 Å². The van der Waals surface area contributed by atoms with Gasteiger partial charge in [-0.3, -0.25) is 4.79 Å². The van der Waals surface area contributed by atoms with Gasteiger partial charge < -0.3 is 9.80 Å². The minimum Gasteiger partial charge on any atom is -0.352 e. The van der Waals surface area contributed by atoms with E-state index in [0.29, 0.717) is 32.3 Å². The number of thiophene rings is 1. The molecule has 134 valence electrons. The first kappa shape index (κ1) is 17.7. The minimum atomic E-state index is -4.47. The van der Waals surface area contributed by atoms with Crippen molar-refractivity contribution in [3.05, 3.63) is 29.4 Å². The van der Waals surface area contributed by atoms with Crippen molar-refractivity contribution in [1.82, 2.24) is 14.9 Å². The maximum Gasteiger partial charge on any atom is 0.409 e. The number of amides is 1. The minimum absolute atomic E-state index is 0.0205. The van der Waals surface area contributed by atoms with E-state index in [1.54, 1.807) is 11.3 Å². The van der Waals surface area contributed by atoms with Crippen LogP contribution in [0.25, 0.3) is 10.2 Å². The zero-order chi connectivity index (χ0) is 18.0. The summed E-state index contributed by atoms with van der Waals surface area (Å²) in [6.07, 6.45) is -1.45. The molecule has 3 heterocycles. The van der Waals surface area contributed by atoms with E-state index in [1.807, 2.05) is 4.90 Å². The number of hydrogen-bond acceptors (Lipinski definition) is 5. The van der Waals surface area contributed by atoms with Crippen LogP contribution in [0, 0.1) is 0 Å². The van der Waals surface area contributed by atoms with Crippen LogP contribution in [0.1, 0.15) is 11.8 Å². The van der Waals surface area contributed by atoms with Gasteiger partial charge in [0.05, 0.1) is 5.39 Å². The zero-order valence-electron chi connectivity index (χ0n) is 13.6. The average Bonchev–Trinajstić information content (AvgIpc) is 3.02. The number of aromatic nitrogens is 2. The van der Waals surface area contributed by atoms with Gasteiger partial charge in [-0.1, -0.05) is 6.92 Å². The molecule has 2 aromatic heterocycles. The van der Waals surface area contributed by atoms with E-state index in [1.165, 1.54) is 16.1 Å². The van der Waals surface area contributed by atoms with E-state index in [-0.39, 0.29) is 6.08 Å². The van der Waals surface area contributed by atoms with Gasteiger partial charge in [-0.25, -0.2) is 9.97 Å². The summed E-state index contributed by atoms with van der Waals surface area (Å²) >= 11 is 1.63. The quantitative estimate of drug-likeness (QED) is 0.780. The smallest absolute Gasteiger partial charge is 0.352 e. The van der Waals surface area contributed by atoms with Gasteiger partial charge in [-0.05, 0) is 12.5 Å². The molecular formula is C16H17F3N4OS. The summed E-state index contributed by atoms with van der Waals surface area (Å²) in [6.45, 7) is 3.84. The molecule has 0 radical (unpaired) electrons. The van der Waals surface area contributed by atoms with Crippen LogP contribution in [-0.4, -0.2) is 53.1 Å². The van der Waals surface area contributed by atoms with E-state index in [2.05, 4.69) is 23.0 Å². The summed E-state index contributed by atoms with van der Waals surface area (Å²) in [4.78, 5) is 26.1. The third kappa shape index (κ3) is 4.09. The summed E-state index contributed by atoms with van der Waals surface area (Å²) in [5, 5.41) is 0.987. The molecule has 3 rings (SSSR count). The number of aryl methyl sites for hydroxylation is 1. The molecule has 1 aliphatic heterocycles. The van der Waals surface area contributed by atoms with Crippen molar-refractivity contribution < 1.29 is 18.0 Å². The number of hydrogen-bond donors (Lipinski definition) is 0. The van der Waals surface area contributed by atoms with Crippen LogP contribution in [0.4, 0.5) is 19.0 Å². The molecule has 0 saturated carbocycles. The SMILES string of the molecule is CCc1cc2c(N3CCN(C(=O)/C=C/C(F)(F)F)CC3)ncnc2s1. The van der Waals surface area contributed by atoms with Crippen molar-refractivity contribution in [1.29, 1.82) is 0 Å². The molecule has 25 heavy (non-hydrogen) atoms. The summed E-state index contributed by atoms with van der Waals surface area (Å²) in [5.41, 5.74) is 0. The van der Waals surface area contributed by atoms with Gasteiger partial charge in [-0.2, -0.15) is 13.2 Å². The molecule has 0 aromatic carbocycles. The topological polar surface area (TPSA) is 49.3 Å². The molecule has 2 aromatic rings. The zero-order valence-corrected chi connectivity index (χ0v) is 14.4. The van der Waals surface area contributed by atoms with Gasteiger partial charge in [0.15, 0.2) is 0 Å². The number of allylic oxidation sites excluding steroid dienone is 1. The monoisotopic (exact) mass is 370 g/mol. The maximum atomic E-state index is 12.2. The molecule has 5 nitrogen and oxygen atoms in total. The third-order valence-corrected chi connectivity index (χ3v) is 5.20. The molecule has 0 bridgehead atoms. The Morgan fingerprint density at radius 2 is 2.00 bits per heavy atom. The number of fused-ring (bicyclic) bond motifs is 1. The summed E-state index contributed by atoms with van der Waals surface area (Å²) in [6, 6.07) is 2.08. The second-order valence-corrected chi connectivity index (χ2v) is 6.78.